The van der Waals surface area contributed by atoms with Crippen LogP contribution in [0.2, 0.25) is 5.02 Å². The summed E-state index contributed by atoms with van der Waals surface area (Å²) >= 11 is 5.78. The molecule has 0 aliphatic rings. The zero-order chi connectivity index (χ0) is 12.4. The molecule has 1 amide bonds. The topological polar surface area (TPSA) is 85.8 Å². The Kier molecular flexibility index (Phi) is 3.08. The average Bonchev–Trinajstić information content (AvgIpc) is 2.71. The number of hydrazine groups is 1. The minimum absolute atomic E-state index is 0.197. The second-order valence-corrected chi connectivity index (χ2v) is 3.81. The Hall–Kier alpha value is -1.92. The minimum atomic E-state index is -0.470. The lowest BCUT2D eigenvalue weighted by Gasteiger charge is -1.98. The molecule has 1 aromatic heterocycles. The van der Waals surface area contributed by atoms with Crippen molar-refractivity contribution in [2.24, 2.45) is 5.84 Å². The van der Waals surface area contributed by atoms with E-state index in [1.807, 2.05) is 5.43 Å². The molecule has 1 aromatic carbocycles. The van der Waals surface area contributed by atoms with Gasteiger partial charge in [-0.05, 0) is 31.2 Å². The monoisotopic (exact) mass is 251 g/mol. The maximum atomic E-state index is 11.4. The molecule has 0 radical (unpaired) electrons. The predicted molar refractivity (Wildman–Crippen MR) is 62.8 cm³/mol. The summed E-state index contributed by atoms with van der Waals surface area (Å²) in [7, 11) is 0. The van der Waals surface area contributed by atoms with E-state index in [9.17, 15) is 4.79 Å². The van der Waals surface area contributed by atoms with Crippen LogP contribution in [0.4, 0.5) is 0 Å². The summed E-state index contributed by atoms with van der Waals surface area (Å²) in [6.07, 6.45) is 0. The van der Waals surface area contributed by atoms with Crippen LogP contribution in [-0.2, 0) is 0 Å². The van der Waals surface area contributed by atoms with Crippen LogP contribution in [0.15, 0.2) is 24.3 Å². The summed E-state index contributed by atoms with van der Waals surface area (Å²) in [6, 6.07) is 6.95. The Bertz CT molecular complexity index is 548. The second-order valence-electron chi connectivity index (χ2n) is 3.37. The van der Waals surface area contributed by atoms with Crippen LogP contribution in [0.3, 0.4) is 0 Å². The summed E-state index contributed by atoms with van der Waals surface area (Å²) in [5.41, 5.74) is 3.44. The number of amides is 1. The molecular weight excluding hydrogens is 242 g/mol. The molecule has 3 N–H and O–H groups in total. The first kappa shape index (κ1) is 11.6. The van der Waals surface area contributed by atoms with Gasteiger partial charge in [-0.15, -0.1) is 5.10 Å². The summed E-state index contributed by atoms with van der Waals surface area (Å²) in [6.45, 7) is 1.68. The molecule has 6 nitrogen and oxygen atoms in total. The van der Waals surface area contributed by atoms with Gasteiger partial charge in [-0.2, -0.15) is 9.90 Å². The van der Waals surface area contributed by atoms with Gasteiger partial charge in [0.25, 0.3) is 5.91 Å². The van der Waals surface area contributed by atoms with Crippen molar-refractivity contribution in [3.05, 3.63) is 40.7 Å². The SMILES string of the molecule is Cc1nn(-c2ccc(Cl)cc2)nc1C(=O)NN. The van der Waals surface area contributed by atoms with Crippen LogP contribution in [0.1, 0.15) is 16.2 Å². The molecule has 2 rings (SSSR count). The fourth-order valence-electron chi connectivity index (χ4n) is 1.35. The molecule has 0 aliphatic carbocycles. The second kappa shape index (κ2) is 4.52. The van der Waals surface area contributed by atoms with Crippen molar-refractivity contribution in [2.45, 2.75) is 6.92 Å². The molecule has 0 atom stereocenters. The third-order valence-electron chi connectivity index (χ3n) is 2.19. The van der Waals surface area contributed by atoms with E-state index in [1.54, 1.807) is 31.2 Å². The number of nitrogens with two attached hydrogens (primary N) is 1. The van der Waals surface area contributed by atoms with E-state index in [0.29, 0.717) is 16.4 Å². The number of nitrogens with zero attached hydrogens (tertiary/aromatic N) is 3. The molecule has 88 valence electrons. The summed E-state index contributed by atoms with van der Waals surface area (Å²) in [5.74, 6) is 4.58. The van der Waals surface area contributed by atoms with Gasteiger partial charge in [-0.3, -0.25) is 10.2 Å². The molecule has 1 heterocycles. The van der Waals surface area contributed by atoms with Crippen molar-refractivity contribution in [3.8, 4) is 5.69 Å². The Morgan fingerprint density at radius 1 is 1.35 bits per heavy atom. The first-order valence-corrected chi connectivity index (χ1v) is 5.20. The maximum Gasteiger partial charge on any atom is 0.287 e. The number of carbonyl (C=O) groups is 1. The van der Waals surface area contributed by atoms with Crippen LogP contribution < -0.4 is 11.3 Å². The van der Waals surface area contributed by atoms with E-state index in [-0.39, 0.29) is 5.69 Å². The Morgan fingerprint density at radius 2 is 2.00 bits per heavy atom. The van der Waals surface area contributed by atoms with Gasteiger partial charge in [0, 0.05) is 5.02 Å². The van der Waals surface area contributed by atoms with Crippen LogP contribution >= 0.6 is 11.6 Å². The van der Waals surface area contributed by atoms with Gasteiger partial charge >= 0.3 is 0 Å². The van der Waals surface area contributed by atoms with Crippen molar-refractivity contribution in [1.82, 2.24) is 20.4 Å². The number of halogens is 1. The predicted octanol–water partition coefficient (Wildman–Crippen LogP) is 0.833. The van der Waals surface area contributed by atoms with Crippen molar-refractivity contribution >= 4 is 17.5 Å². The number of carbonyl (C=O) groups excluding carboxylic acids is 1. The number of aryl methyl sites for hydroxylation is 1. The van der Waals surface area contributed by atoms with Gasteiger partial charge in [0.2, 0.25) is 0 Å². The van der Waals surface area contributed by atoms with Crippen molar-refractivity contribution in [1.29, 1.82) is 0 Å². The number of aromatic nitrogens is 3. The minimum Gasteiger partial charge on any atom is -0.289 e. The van der Waals surface area contributed by atoms with E-state index >= 15 is 0 Å². The van der Waals surface area contributed by atoms with Crippen molar-refractivity contribution in [3.63, 3.8) is 0 Å². The van der Waals surface area contributed by atoms with Crippen LogP contribution in [0.25, 0.3) is 5.69 Å². The molecule has 0 spiro atoms. The van der Waals surface area contributed by atoms with Gasteiger partial charge in [0.1, 0.15) is 0 Å². The number of nitrogen functional groups attached to an aromatic ring is 1. The number of rotatable bonds is 2. The van der Waals surface area contributed by atoms with E-state index < -0.39 is 5.91 Å². The average molecular weight is 252 g/mol. The molecule has 0 saturated heterocycles. The molecular formula is C10H10ClN5O. The quantitative estimate of drug-likeness (QED) is 0.470. The molecule has 2 aromatic rings. The van der Waals surface area contributed by atoms with Crippen LogP contribution in [0.5, 0.6) is 0 Å². The first-order valence-electron chi connectivity index (χ1n) is 4.82. The number of benzene rings is 1. The Morgan fingerprint density at radius 3 is 2.59 bits per heavy atom. The third-order valence-corrected chi connectivity index (χ3v) is 2.44. The zero-order valence-electron chi connectivity index (χ0n) is 9.01. The van der Waals surface area contributed by atoms with Gasteiger partial charge < -0.3 is 0 Å². The molecule has 7 heteroatoms. The van der Waals surface area contributed by atoms with Crippen LogP contribution in [-0.4, -0.2) is 20.9 Å². The summed E-state index contributed by atoms with van der Waals surface area (Å²) in [4.78, 5) is 12.7. The number of hydrogen-bond donors (Lipinski definition) is 2. The molecule has 17 heavy (non-hydrogen) atoms. The van der Waals surface area contributed by atoms with Gasteiger partial charge in [-0.25, -0.2) is 5.84 Å². The fourth-order valence-corrected chi connectivity index (χ4v) is 1.47. The highest BCUT2D eigenvalue weighted by Gasteiger charge is 2.14. The van der Waals surface area contributed by atoms with E-state index in [0.717, 1.165) is 0 Å². The first-order chi connectivity index (χ1) is 8.11. The molecule has 0 unspecified atom stereocenters. The van der Waals surface area contributed by atoms with Crippen molar-refractivity contribution in [2.75, 3.05) is 0 Å². The Labute approximate surface area is 102 Å². The maximum absolute atomic E-state index is 11.4. The number of hydrogen-bond acceptors (Lipinski definition) is 4. The molecule has 0 aliphatic heterocycles. The molecule has 0 fully saturated rings. The highest BCUT2D eigenvalue weighted by Crippen LogP contribution is 2.13. The fraction of sp³-hybridized carbons (Fsp3) is 0.100. The zero-order valence-corrected chi connectivity index (χ0v) is 9.77. The highest BCUT2D eigenvalue weighted by atomic mass is 35.5. The molecule has 0 saturated carbocycles. The lowest BCUT2D eigenvalue weighted by Crippen LogP contribution is -2.30. The number of nitrogens with one attached hydrogen (secondary N) is 1. The summed E-state index contributed by atoms with van der Waals surface area (Å²) in [5, 5.41) is 8.80. The van der Waals surface area contributed by atoms with Gasteiger partial charge in [-0.1, -0.05) is 11.6 Å². The standard InChI is InChI=1S/C10H10ClN5O/c1-6-9(10(17)13-12)15-16(14-6)8-4-2-7(11)3-5-8/h2-5H,12H2,1H3,(H,13,17). The lowest BCUT2D eigenvalue weighted by atomic mass is 10.3. The Balaban J connectivity index is 2.41. The lowest BCUT2D eigenvalue weighted by molar-refractivity contribution is 0.0947. The van der Waals surface area contributed by atoms with E-state index in [1.165, 1.54) is 4.80 Å². The van der Waals surface area contributed by atoms with Gasteiger partial charge in [0.15, 0.2) is 5.69 Å². The third kappa shape index (κ3) is 2.27. The summed E-state index contributed by atoms with van der Waals surface area (Å²) < 4.78 is 0. The van der Waals surface area contributed by atoms with E-state index in [2.05, 4.69) is 10.2 Å². The molecule has 0 bridgehead atoms. The largest absolute Gasteiger partial charge is 0.289 e. The van der Waals surface area contributed by atoms with Crippen LogP contribution in [0, 0.1) is 6.92 Å². The van der Waals surface area contributed by atoms with Crippen molar-refractivity contribution < 1.29 is 4.79 Å². The smallest absolute Gasteiger partial charge is 0.287 e. The van der Waals surface area contributed by atoms with Gasteiger partial charge in [0.05, 0.1) is 11.4 Å². The van der Waals surface area contributed by atoms with E-state index in [4.69, 9.17) is 17.4 Å². The highest BCUT2D eigenvalue weighted by molar-refractivity contribution is 6.30. The normalized spacial score (nSPS) is 10.3.